The van der Waals surface area contributed by atoms with Gasteiger partial charge in [0.2, 0.25) is 0 Å². The van der Waals surface area contributed by atoms with E-state index in [0.717, 1.165) is 11.8 Å². The maximum atomic E-state index is 2.49. The summed E-state index contributed by atoms with van der Waals surface area (Å²) in [5.41, 5.74) is 0.499. The van der Waals surface area contributed by atoms with Gasteiger partial charge in [0.15, 0.2) is 0 Å². The molecule has 0 aromatic heterocycles. The van der Waals surface area contributed by atoms with Crippen LogP contribution in [0.4, 0.5) is 0 Å². The summed E-state index contributed by atoms with van der Waals surface area (Å²) in [5, 5.41) is 0. The molecule has 1 nitrogen and oxygen atoms in total. The third kappa shape index (κ3) is 2.70. The molecule has 1 rings (SSSR count). The summed E-state index contributed by atoms with van der Waals surface area (Å²) in [5.74, 6) is 1.74. The lowest BCUT2D eigenvalue weighted by Gasteiger charge is -2.37. The van der Waals surface area contributed by atoms with Gasteiger partial charge in [-0.25, -0.2) is 0 Å². The second-order valence-corrected chi connectivity index (χ2v) is 5.72. The van der Waals surface area contributed by atoms with Crippen molar-refractivity contribution in [2.75, 3.05) is 20.1 Å². The van der Waals surface area contributed by atoms with Crippen LogP contribution in [0.25, 0.3) is 0 Å². The summed E-state index contributed by atoms with van der Waals surface area (Å²) in [6.07, 6.45) is 2.79. The van der Waals surface area contributed by atoms with Crippen LogP contribution in [0.5, 0.6) is 0 Å². The lowest BCUT2D eigenvalue weighted by Crippen LogP contribution is -2.36. The van der Waals surface area contributed by atoms with E-state index >= 15 is 0 Å². The molecule has 1 aliphatic rings. The Hall–Kier alpha value is -0.0400. The molecule has 1 fully saturated rings. The molecule has 1 heteroatoms. The Labute approximate surface area is 83.5 Å². The standard InChI is InChI=1S/C12H25N/c1-10(2)11-7-6-8-13(5)9-12(11,3)4/h10-11H,6-9H2,1-5H3. The predicted molar refractivity (Wildman–Crippen MR) is 58.8 cm³/mol. The van der Waals surface area contributed by atoms with Gasteiger partial charge in [0, 0.05) is 6.54 Å². The zero-order chi connectivity index (χ0) is 10.1. The molecule has 78 valence electrons. The number of hydrogen-bond acceptors (Lipinski definition) is 1. The Kier molecular flexibility index (Phi) is 3.39. The first-order valence-electron chi connectivity index (χ1n) is 5.62. The number of rotatable bonds is 1. The van der Waals surface area contributed by atoms with Crippen molar-refractivity contribution in [2.45, 2.75) is 40.5 Å². The lowest BCUT2D eigenvalue weighted by molar-refractivity contribution is 0.125. The zero-order valence-corrected chi connectivity index (χ0v) is 9.93. The Balaban J connectivity index is 2.71. The Morgan fingerprint density at radius 2 is 1.92 bits per heavy atom. The lowest BCUT2D eigenvalue weighted by atomic mass is 9.71. The van der Waals surface area contributed by atoms with Crippen LogP contribution in [0.15, 0.2) is 0 Å². The largest absolute Gasteiger partial charge is 0.306 e. The SMILES string of the molecule is CC(C)C1CCCN(C)CC1(C)C. The third-order valence-electron chi connectivity index (χ3n) is 3.54. The fraction of sp³-hybridized carbons (Fsp3) is 1.00. The van der Waals surface area contributed by atoms with Crippen molar-refractivity contribution < 1.29 is 0 Å². The van der Waals surface area contributed by atoms with Gasteiger partial charge in [0.05, 0.1) is 0 Å². The molecule has 0 bridgehead atoms. The minimum atomic E-state index is 0.499. The van der Waals surface area contributed by atoms with Crippen LogP contribution >= 0.6 is 0 Å². The van der Waals surface area contributed by atoms with Gasteiger partial charge in [-0.15, -0.1) is 0 Å². The van der Waals surface area contributed by atoms with Gasteiger partial charge in [-0.1, -0.05) is 27.7 Å². The van der Waals surface area contributed by atoms with Gasteiger partial charge >= 0.3 is 0 Å². The molecule has 1 saturated heterocycles. The molecular formula is C12H25N. The highest BCUT2D eigenvalue weighted by Gasteiger charge is 2.34. The molecule has 1 atom stereocenters. The van der Waals surface area contributed by atoms with Crippen LogP contribution in [0, 0.1) is 17.3 Å². The van der Waals surface area contributed by atoms with Crippen LogP contribution in [-0.2, 0) is 0 Å². The molecule has 1 unspecified atom stereocenters. The molecule has 0 aromatic rings. The summed E-state index contributed by atoms with van der Waals surface area (Å²) in [6.45, 7) is 12.1. The van der Waals surface area contributed by atoms with E-state index in [1.165, 1.54) is 25.9 Å². The van der Waals surface area contributed by atoms with E-state index in [1.807, 2.05) is 0 Å². The van der Waals surface area contributed by atoms with E-state index in [9.17, 15) is 0 Å². The van der Waals surface area contributed by atoms with Gasteiger partial charge in [0.1, 0.15) is 0 Å². The van der Waals surface area contributed by atoms with E-state index in [4.69, 9.17) is 0 Å². The molecule has 0 aliphatic carbocycles. The molecule has 0 aromatic carbocycles. The highest BCUT2D eigenvalue weighted by atomic mass is 15.1. The Bertz CT molecular complexity index is 161. The van der Waals surface area contributed by atoms with Crippen LogP contribution in [0.3, 0.4) is 0 Å². The van der Waals surface area contributed by atoms with Gasteiger partial charge in [-0.05, 0) is 43.7 Å². The first-order valence-corrected chi connectivity index (χ1v) is 5.62. The Morgan fingerprint density at radius 1 is 1.31 bits per heavy atom. The quantitative estimate of drug-likeness (QED) is 0.604. The van der Waals surface area contributed by atoms with Crippen LogP contribution in [0.2, 0.25) is 0 Å². The van der Waals surface area contributed by atoms with Crippen molar-refractivity contribution in [3.8, 4) is 0 Å². The maximum absolute atomic E-state index is 2.49. The minimum absolute atomic E-state index is 0.499. The van der Waals surface area contributed by atoms with Crippen LogP contribution in [-0.4, -0.2) is 25.0 Å². The maximum Gasteiger partial charge on any atom is 0.00324 e. The summed E-state index contributed by atoms with van der Waals surface area (Å²) in [4.78, 5) is 2.49. The van der Waals surface area contributed by atoms with Crippen molar-refractivity contribution in [1.82, 2.24) is 4.90 Å². The molecular weight excluding hydrogens is 158 g/mol. The fourth-order valence-corrected chi connectivity index (χ4v) is 3.10. The second kappa shape index (κ2) is 4.00. The molecule has 0 radical (unpaired) electrons. The second-order valence-electron chi connectivity index (χ2n) is 5.72. The molecule has 1 heterocycles. The number of nitrogens with zero attached hydrogens (tertiary/aromatic N) is 1. The molecule has 13 heavy (non-hydrogen) atoms. The summed E-state index contributed by atoms with van der Waals surface area (Å²) < 4.78 is 0. The average molecular weight is 183 g/mol. The summed E-state index contributed by atoms with van der Waals surface area (Å²) in [7, 11) is 2.25. The zero-order valence-electron chi connectivity index (χ0n) is 9.93. The molecule has 0 amide bonds. The van der Waals surface area contributed by atoms with E-state index in [1.54, 1.807) is 0 Å². The molecule has 0 saturated carbocycles. The van der Waals surface area contributed by atoms with Crippen LogP contribution in [0.1, 0.15) is 40.5 Å². The third-order valence-corrected chi connectivity index (χ3v) is 3.54. The van der Waals surface area contributed by atoms with Gasteiger partial charge in [-0.3, -0.25) is 0 Å². The number of hydrogen-bond donors (Lipinski definition) is 0. The smallest absolute Gasteiger partial charge is 0.00324 e. The highest BCUT2D eigenvalue weighted by molar-refractivity contribution is 4.85. The first kappa shape index (κ1) is 11.0. The topological polar surface area (TPSA) is 3.24 Å². The number of likely N-dealkylation sites (tertiary alicyclic amines) is 1. The normalized spacial score (nSPS) is 30.5. The van der Waals surface area contributed by atoms with Crippen molar-refractivity contribution >= 4 is 0 Å². The van der Waals surface area contributed by atoms with Gasteiger partial charge in [-0.2, -0.15) is 0 Å². The fourth-order valence-electron chi connectivity index (χ4n) is 3.10. The van der Waals surface area contributed by atoms with Crippen LogP contribution < -0.4 is 0 Å². The highest BCUT2D eigenvalue weighted by Crippen LogP contribution is 2.38. The van der Waals surface area contributed by atoms with E-state index in [2.05, 4.69) is 39.6 Å². The van der Waals surface area contributed by atoms with E-state index < -0.39 is 0 Å². The first-order chi connectivity index (χ1) is 5.93. The monoisotopic (exact) mass is 183 g/mol. The molecule has 1 aliphatic heterocycles. The summed E-state index contributed by atoms with van der Waals surface area (Å²) in [6, 6.07) is 0. The van der Waals surface area contributed by atoms with Gasteiger partial charge < -0.3 is 4.90 Å². The van der Waals surface area contributed by atoms with Crippen molar-refractivity contribution in [3.63, 3.8) is 0 Å². The van der Waals surface area contributed by atoms with Crippen molar-refractivity contribution in [3.05, 3.63) is 0 Å². The van der Waals surface area contributed by atoms with E-state index in [0.29, 0.717) is 5.41 Å². The van der Waals surface area contributed by atoms with E-state index in [-0.39, 0.29) is 0 Å². The Morgan fingerprint density at radius 3 is 2.46 bits per heavy atom. The van der Waals surface area contributed by atoms with Crippen molar-refractivity contribution in [1.29, 1.82) is 0 Å². The molecule has 0 spiro atoms. The minimum Gasteiger partial charge on any atom is -0.306 e. The predicted octanol–water partition coefficient (Wildman–Crippen LogP) is 3.01. The molecule has 0 N–H and O–H groups in total. The van der Waals surface area contributed by atoms with Crippen molar-refractivity contribution in [2.24, 2.45) is 17.3 Å². The summed E-state index contributed by atoms with van der Waals surface area (Å²) >= 11 is 0. The average Bonchev–Trinajstić information content (AvgIpc) is 2.06. The van der Waals surface area contributed by atoms with Gasteiger partial charge in [0.25, 0.3) is 0 Å².